The number of aliphatic hydroxyl groups excluding tert-OH is 1. The zero-order valence-corrected chi connectivity index (χ0v) is 21.4. The average molecular weight is 427 g/mol. The van der Waals surface area contributed by atoms with Crippen molar-refractivity contribution in [2.45, 2.75) is 112 Å². The molecule has 1 N–H and O–H groups in total. The Hall–Kier alpha value is -0.300. The van der Waals surface area contributed by atoms with Crippen molar-refractivity contribution in [3.63, 3.8) is 0 Å². The second-order valence-corrected chi connectivity index (χ2v) is 13.8. The van der Waals surface area contributed by atoms with Crippen LogP contribution in [0.25, 0.3) is 0 Å². The summed E-state index contributed by atoms with van der Waals surface area (Å²) in [5, 5.41) is 10.5. The Morgan fingerprint density at radius 1 is 0.935 bits per heavy atom. The molecule has 0 aromatic heterocycles. The van der Waals surface area contributed by atoms with Crippen LogP contribution in [0, 0.1) is 63.6 Å². The summed E-state index contributed by atoms with van der Waals surface area (Å²) >= 11 is 0. The van der Waals surface area contributed by atoms with Gasteiger partial charge in [0.25, 0.3) is 0 Å². The molecular formula is C30H50O. The third kappa shape index (κ3) is 3.18. The van der Waals surface area contributed by atoms with Crippen LogP contribution in [0.3, 0.4) is 0 Å². The van der Waals surface area contributed by atoms with Gasteiger partial charge in [-0.25, -0.2) is 0 Å². The van der Waals surface area contributed by atoms with Crippen LogP contribution in [0.1, 0.15) is 106 Å². The first-order chi connectivity index (χ1) is 14.7. The van der Waals surface area contributed by atoms with Crippen molar-refractivity contribution < 1.29 is 5.11 Å². The highest BCUT2D eigenvalue weighted by Crippen LogP contribution is 2.80. The summed E-state index contributed by atoms with van der Waals surface area (Å²) in [6.45, 7) is 15.0. The summed E-state index contributed by atoms with van der Waals surface area (Å²) < 4.78 is 0. The van der Waals surface area contributed by atoms with Gasteiger partial charge < -0.3 is 5.11 Å². The van der Waals surface area contributed by atoms with E-state index >= 15 is 0 Å². The van der Waals surface area contributed by atoms with Gasteiger partial charge in [0.05, 0.1) is 6.10 Å². The monoisotopic (exact) mass is 426 g/mol. The van der Waals surface area contributed by atoms with Gasteiger partial charge >= 0.3 is 0 Å². The first-order valence-electron chi connectivity index (χ1n) is 14.0. The lowest BCUT2D eigenvalue weighted by Crippen LogP contribution is -2.55. The zero-order valence-electron chi connectivity index (χ0n) is 21.4. The summed E-state index contributed by atoms with van der Waals surface area (Å²) in [5.41, 5.74) is 1.61. The lowest BCUT2D eigenvalue weighted by Gasteiger charge is -2.61. The molecule has 1 spiro atoms. The average Bonchev–Trinajstić information content (AvgIpc) is 3.29. The molecule has 5 rings (SSSR count). The summed E-state index contributed by atoms with van der Waals surface area (Å²) in [6.07, 6.45) is 18.7. The molecule has 31 heavy (non-hydrogen) atoms. The van der Waals surface area contributed by atoms with E-state index < -0.39 is 0 Å². The zero-order chi connectivity index (χ0) is 22.2. The summed E-state index contributed by atoms with van der Waals surface area (Å²) in [5.74, 6) is 6.91. The van der Waals surface area contributed by atoms with E-state index in [0.29, 0.717) is 16.2 Å². The van der Waals surface area contributed by atoms with Crippen molar-refractivity contribution in [1.82, 2.24) is 0 Å². The van der Waals surface area contributed by atoms with Gasteiger partial charge in [0.1, 0.15) is 0 Å². The molecule has 0 radical (unpaired) electrons. The molecule has 1 nitrogen and oxygen atoms in total. The number of rotatable bonds is 5. The highest BCUT2D eigenvalue weighted by atomic mass is 16.3. The first kappa shape index (κ1) is 22.5. The van der Waals surface area contributed by atoms with Crippen LogP contribution in [0.2, 0.25) is 0 Å². The topological polar surface area (TPSA) is 20.2 Å². The normalized spacial score (nSPS) is 52.9. The minimum Gasteiger partial charge on any atom is -0.393 e. The Bertz CT molecular complexity index is 709. The van der Waals surface area contributed by atoms with Gasteiger partial charge in [0.2, 0.25) is 0 Å². The maximum Gasteiger partial charge on any atom is 0.0546 e. The molecule has 0 aromatic rings. The van der Waals surface area contributed by atoms with E-state index in [9.17, 15) is 5.11 Å². The van der Waals surface area contributed by atoms with E-state index in [2.05, 4.69) is 53.7 Å². The van der Waals surface area contributed by atoms with Crippen LogP contribution in [0.15, 0.2) is 12.2 Å². The van der Waals surface area contributed by atoms with Crippen LogP contribution in [-0.4, -0.2) is 11.2 Å². The maximum atomic E-state index is 10.5. The first-order valence-corrected chi connectivity index (χ1v) is 14.0. The van der Waals surface area contributed by atoms with E-state index in [4.69, 9.17) is 0 Å². The molecule has 5 saturated carbocycles. The van der Waals surface area contributed by atoms with Crippen LogP contribution in [-0.2, 0) is 0 Å². The quantitative estimate of drug-likeness (QED) is 0.443. The van der Waals surface area contributed by atoms with E-state index in [0.717, 1.165) is 60.2 Å². The lowest BCUT2D eigenvalue weighted by molar-refractivity contribution is -0.136. The minimum atomic E-state index is -0.00948. The number of hydrogen-bond acceptors (Lipinski definition) is 1. The number of hydrogen-bond donors (Lipinski definition) is 1. The molecule has 0 aliphatic heterocycles. The Balaban J connectivity index is 1.35. The maximum absolute atomic E-state index is 10.5. The van der Waals surface area contributed by atoms with Crippen LogP contribution in [0.4, 0.5) is 0 Å². The van der Waals surface area contributed by atoms with Crippen molar-refractivity contribution in [1.29, 1.82) is 0 Å². The van der Waals surface area contributed by atoms with Gasteiger partial charge in [-0.3, -0.25) is 0 Å². The molecule has 0 bridgehead atoms. The highest BCUT2D eigenvalue weighted by molar-refractivity contribution is 5.22. The predicted octanol–water partition coefficient (Wildman–Crippen LogP) is 7.88. The molecular weight excluding hydrogens is 376 g/mol. The van der Waals surface area contributed by atoms with Crippen LogP contribution < -0.4 is 0 Å². The second-order valence-electron chi connectivity index (χ2n) is 13.8. The van der Waals surface area contributed by atoms with Gasteiger partial charge in [-0.05, 0) is 128 Å². The van der Waals surface area contributed by atoms with Gasteiger partial charge in [-0.1, -0.05) is 53.7 Å². The fourth-order valence-electron chi connectivity index (χ4n) is 10.6. The van der Waals surface area contributed by atoms with Crippen molar-refractivity contribution in [2.75, 3.05) is 0 Å². The van der Waals surface area contributed by atoms with E-state index in [-0.39, 0.29) is 6.10 Å². The fourth-order valence-corrected chi connectivity index (χ4v) is 10.6. The summed E-state index contributed by atoms with van der Waals surface area (Å²) in [7, 11) is 0. The number of aliphatic hydroxyl groups is 1. The van der Waals surface area contributed by atoms with Gasteiger partial charge in [0.15, 0.2) is 0 Å². The standard InChI is InChI=1S/C30H50O/c1-7-21(19(2)3)9-8-20(4)25-10-11-26-24-16-22-17-30(22)18-23(31)12-15-29(30,6)27(24)13-14-28(25,26)5/h8-9,19-27,31H,7,10-18H2,1-6H3/b9-8+/t20-,21-,22+,23+,24+,25-,26+,27+,28-,29-,30+/m1/s1. The third-order valence-corrected chi connectivity index (χ3v) is 12.5. The summed E-state index contributed by atoms with van der Waals surface area (Å²) in [4.78, 5) is 0. The van der Waals surface area contributed by atoms with Gasteiger partial charge in [0, 0.05) is 0 Å². The Morgan fingerprint density at radius 2 is 1.71 bits per heavy atom. The number of fused-ring (bicyclic) bond motifs is 4. The molecule has 0 amide bonds. The molecule has 0 heterocycles. The molecule has 0 aromatic carbocycles. The Kier molecular flexibility index (Phi) is 5.52. The number of allylic oxidation sites excluding steroid dienone is 2. The Labute approximate surface area is 192 Å². The van der Waals surface area contributed by atoms with Crippen molar-refractivity contribution in [2.24, 2.45) is 63.6 Å². The van der Waals surface area contributed by atoms with Crippen molar-refractivity contribution in [3.8, 4) is 0 Å². The van der Waals surface area contributed by atoms with E-state index in [1.165, 1.54) is 51.4 Å². The van der Waals surface area contributed by atoms with Gasteiger partial charge in [-0.15, -0.1) is 0 Å². The largest absolute Gasteiger partial charge is 0.393 e. The van der Waals surface area contributed by atoms with Crippen LogP contribution in [0.5, 0.6) is 0 Å². The third-order valence-electron chi connectivity index (χ3n) is 12.5. The van der Waals surface area contributed by atoms with E-state index in [1.807, 2.05) is 0 Å². The molecule has 11 atom stereocenters. The fraction of sp³-hybridized carbons (Fsp3) is 0.933. The molecule has 0 saturated heterocycles. The molecule has 5 aliphatic rings. The Morgan fingerprint density at radius 3 is 2.42 bits per heavy atom. The SMILES string of the molecule is CC[C@H](/C=C/[C@@H](C)[C@H]1CC[C@H]2[C@@H]3C[C@H]4C[C@]45C[C@@H](O)CC[C@]5(C)[C@H]3CC[C@]12C)C(C)C. The second kappa shape index (κ2) is 7.61. The summed E-state index contributed by atoms with van der Waals surface area (Å²) in [6, 6.07) is 0. The molecule has 5 aliphatic carbocycles. The molecule has 1 heteroatoms. The highest BCUT2D eigenvalue weighted by Gasteiger charge is 2.73. The molecule has 176 valence electrons. The van der Waals surface area contributed by atoms with E-state index in [1.54, 1.807) is 0 Å². The molecule has 0 unspecified atom stereocenters. The lowest BCUT2D eigenvalue weighted by atomic mass is 9.44. The minimum absolute atomic E-state index is 0.00948. The molecule has 5 fully saturated rings. The van der Waals surface area contributed by atoms with Crippen molar-refractivity contribution in [3.05, 3.63) is 12.2 Å². The van der Waals surface area contributed by atoms with Crippen molar-refractivity contribution >= 4 is 0 Å². The van der Waals surface area contributed by atoms with Crippen LogP contribution >= 0.6 is 0 Å². The smallest absolute Gasteiger partial charge is 0.0546 e. The van der Waals surface area contributed by atoms with Gasteiger partial charge in [-0.2, -0.15) is 0 Å². The predicted molar refractivity (Wildman–Crippen MR) is 131 cm³/mol.